The third-order valence-corrected chi connectivity index (χ3v) is 6.58. The maximum absolute atomic E-state index is 13.4. The van der Waals surface area contributed by atoms with E-state index in [9.17, 15) is 29.4 Å². The highest BCUT2D eigenvalue weighted by Gasteiger charge is 2.68. The summed E-state index contributed by atoms with van der Waals surface area (Å²) in [7, 11) is 0. The third kappa shape index (κ3) is 3.02. The van der Waals surface area contributed by atoms with Crippen molar-refractivity contribution >= 4 is 35.4 Å². The zero-order valence-corrected chi connectivity index (χ0v) is 17.9. The molecule has 32 heavy (non-hydrogen) atoms. The molecule has 2 aliphatic heterocycles. The molecule has 2 amide bonds. The smallest absolute Gasteiger partial charge is 0.332 e. The van der Waals surface area contributed by atoms with E-state index in [2.05, 4.69) is 5.32 Å². The standard InChI is InChI=1S/C23H21ClN2O6/c1-2-5-16-17(21(29)30)25-18(12-8-10-13(24)11-9-12)23(16,22(31)32)26-19(27)14-6-3-4-7-15(14)20(26)28/h3-4,6-11,16-18,25H,2,5H2,1H3,(H,29,30)(H,31,32)/t16-,17+,18+,23-/m0/s1. The molecule has 3 N–H and O–H groups in total. The van der Waals surface area contributed by atoms with Crippen LogP contribution >= 0.6 is 11.6 Å². The fraction of sp³-hybridized carbons (Fsp3) is 0.304. The number of halogens is 1. The van der Waals surface area contributed by atoms with Crippen LogP contribution in [0.2, 0.25) is 5.02 Å². The monoisotopic (exact) mass is 456 g/mol. The van der Waals surface area contributed by atoms with E-state index in [1.54, 1.807) is 43.3 Å². The molecule has 0 aromatic heterocycles. The number of hydrogen-bond donors (Lipinski definition) is 3. The van der Waals surface area contributed by atoms with E-state index in [0.717, 1.165) is 4.90 Å². The number of carboxylic acids is 2. The van der Waals surface area contributed by atoms with Crippen molar-refractivity contribution in [2.75, 3.05) is 0 Å². The van der Waals surface area contributed by atoms with Crippen LogP contribution in [0.4, 0.5) is 0 Å². The van der Waals surface area contributed by atoms with Gasteiger partial charge < -0.3 is 10.2 Å². The molecule has 4 atom stereocenters. The number of carbonyl (C=O) groups is 4. The molecule has 2 heterocycles. The van der Waals surface area contributed by atoms with Crippen molar-refractivity contribution in [2.45, 2.75) is 37.4 Å². The first-order valence-electron chi connectivity index (χ1n) is 10.2. The van der Waals surface area contributed by atoms with Crippen LogP contribution in [0.1, 0.15) is 52.1 Å². The first-order chi connectivity index (χ1) is 15.2. The number of carbonyl (C=O) groups excluding carboxylic acids is 2. The van der Waals surface area contributed by atoms with Crippen LogP contribution in [0.25, 0.3) is 0 Å². The Bertz CT molecular complexity index is 1080. The molecule has 0 bridgehead atoms. The minimum absolute atomic E-state index is 0.0991. The maximum Gasteiger partial charge on any atom is 0.332 e. The Labute approximate surface area is 188 Å². The Morgan fingerprint density at radius 2 is 1.59 bits per heavy atom. The molecule has 2 aliphatic rings. The van der Waals surface area contributed by atoms with Crippen LogP contribution in [0.3, 0.4) is 0 Å². The number of nitrogens with zero attached hydrogens (tertiary/aromatic N) is 1. The highest BCUT2D eigenvalue weighted by atomic mass is 35.5. The Morgan fingerprint density at radius 3 is 2.06 bits per heavy atom. The molecule has 2 aromatic rings. The summed E-state index contributed by atoms with van der Waals surface area (Å²) in [6.07, 6.45) is 0.634. The van der Waals surface area contributed by atoms with E-state index < -0.39 is 47.3 Å². The predicted octanol–water partition coefficient (Wildman–Crippen LogP) is 2.97. The van der Waals surface area contributed by atoms with Gasteiger partial charge in [0.2, 0.25) is 0 Å². The number of amides is 2. The molecular weight excluding hydrogens is 436 g/mol. The van der Waals surface area contributed by atoms with Crippen LogP contribution in [-0.4, -0.2) is 50.4 Å². The minimum Gasteiger partial charge on any atom is -0.480 e. The molecule has 9 heteroatoms. The van der Waals surface area contributed by atoms with Crippen LogP contribution in [0.5, 0.6) is 0 Å². The van der Waals surface area contributed by atoms with E-state index in [4.69, 9.17) is 11.6 Å². The van der Waals surface area contributed by atoms with Gasteiger partial charge in [0.25, 0.3) is 11.8 Å². The van der Waals surface area contributed by atoms with Gasteiger partial charge in [-0.3, -0.25) is 24.6 Å². The molecule has 0 unspecified atom stereocenters. The Kier molecular flexibility index (Phi) is 5.52. The first-order valence-corrected chi connectivity index (χ1v) is 10.6. The molecule has 0 spiro atoms. The molecule has 2 aromatic carbocycles. The number of hydrogen-bond acceptors (Lipinski definition) is 5. The Balaban J connectivity index is 1.99. The highest BCUT2D eigenvalue weighted by Crippen LogP contribution is 2.50. The number of fused-ring (bicyclic) bond motifs is 1. The summed E-state index contributed by atoms with van der Waals surface area (Å²) in [5.74, 6) is -5.25. The van der Waals surface area contributed by atoms with Gasteiger partial charge in [-0.05, 0) is 36.2 Å². The van der Waals surface area contributed by atoms with Gasteiger partial charge in [0, 0.05) is 10.9 Å². The Hall–Kier alpha value is -3.23. The van der Waals surface area contributed by atoms with Crippen molar-refractivity contribution in [1.29, 1.82) is 0 Å². The zero-order chi connectivity index (χ0) is 23.2. The first kappa shape index (κ1) is 22.0. The average Bonchev–Trinajstić information content (AvgIpc) is 3.22. The van der Waals surface area contributed by atoms with Gasteiger partial charge in [-0.25, -0.2) is 4.79 Å². The number of rotatable bonds is 6. The molecule has 1 saturated heterocycles. The van der Waals surface area contributed by atoms with Crippen molar-refractivity contribution in [3.8, 4) is 0 Å². The van der Waals surface area contributed by atoms with Gasteiger partial charge in [-0.15, -0.1) is 0 Å². The molecule has 4 rings (SSSR count). The largest absolute Gasteiger partial charge is 0.480 e. The fourth-order valence-corrected chi connectivity index (χ4v) is 5.16. The summed E-state index contributed by atoms with van der Waals surface area (Å²) >= 11 is 5.99. The number of nitrogens with one attached hydrogen (secondary N) is 1. The van der Waals surface area contributed by atoms with Crippen LogP contribution in [0, 0.1) is 5.92 Å². The second-order valence-electron chi connectivity index (χ2n) is 7.98. The van der Waals surface area contributed by atoms with Gasteiger partial charge in [0.1, 0.15) is 6.04 Å². The molecule has 0 aliphatic carbocycles. The Morgan fingerprint density at radius 1 is 1.03 bits per heavy atom. The maximum atomic E-state index is 13.4. The lowest BCUT2D eigenvalue weighted by atomic mass is 9.73. The number of carboxylic acid groups (broad SMARTS) is 2. The SMILES string of the molecule is CCC[C@H]1[C@H](C(=O)O)N[C@H](c2ccc(Cl)cc2)[C@@]1(C(=O)O)N1C(=O)c2ccccc2C1=O. The number of benzene rings is 2. The van der Waals surface area contributed by atoms with Crippen LogP contribution in [0.15, 0.2) is 48.5 Å². The lowest BCUT2D eigenvalue weighted by Crippen LogP contribution is -2.63. The molecule has 0 radical (unpaired) electrons. The van der Waals surface area contributed by atoms with E-state index in [0.29, 0.717) is 17.0 Å². The van der Waals surface area contributed by atoms with Crippen molar-refractivity contribution in [3.05, 3.63) is 70.2 Å². The van der Waals surface area contributed by atoms with Gasteiger partial charge >= 0.3 is 11.9 Å². The van der Waals surface area contributed by atoms with Crippen molar-refractivity contribution < 1.29 is 29.4 Å². The summed E-state index contributed by atoms with van der Waals surface area (Å²) < 4.78 is 0. The van der Waals surface area contributed by atoms with E-state index in [1.807, 2.05) is 0 Å². The number of aliphatic carboxylic acids is 2. The van der Waals surface area contributed by atoms with E-state index >= 15 is 0 Å². The highest BCUT2D eigenvalue weighted by molar-refractivity contribution is 6.30. The van der Waals surface area contributed by atoms with Gasteiger partial charge in [0.05, 0.1) is 17.2 Å². The molecule has 1 fully saturated rings. The third-order valence-electron chi connectivity index (χ3n) is 6.33. The normalized spacial score (nSPS) is 26.9. The van der Waals surface area contributed by atoms with Gasteiger partial charge in [-0.1, -0.05) is 49.2 Å². The van der Waals surface area contributed by atoms with Crippen LogP contribution in [-0.2, 0) is 9.59 Å². The van der Waals surface area contributed by atoms with E-state index in [1.165, 1.54) is 12.1 Å². The summed E-state index contributed by atoms with van der Waals surface area (Å²) in [5.41, 5.74) is -1.54. The lowest BCUT2D eigenvalue weighted by molar-refractivity contribution is -0.153. The molecule has 8 nitrogen and oxygen atoms in total. The summed E-state index contributed by atoms with van der Waals surface area (Å²) in [4.78, 5) is 52.8. The fourth-order valence-electron chi connectivity index (χ4n) is 5.04. The lowest BCUT2D eigenvalue weighted by Gasteiger charge is -2.42. The van der Waals surface area contributed by atoms with Gasteiger partial charge in [0.15, 0.2) is 5.54 Å². The molecule has 166 valence electrons. The number of imide groups is 1. The summed E-state index contributed by atoms with van der Waals surface area (Å²) in [6, 6.07) is 9.93. The minimum atomic E-state index is -2.15. The van der Waals surface area contributed by atoms with Crippen molar-refractivity contribution in [2.24, 2.45) is 5.92 Å². The predicted molar refractivity (Wildman–Crippen MR) is 114 cm³/mol. The van der Waals surface area contributed by atoms with Crippen molar-refractivity contribution in [1.82, 2.24) is 10.2 Å². The van der Waals surface area contributed by atoms with Crippen molar-refractivity contribution in [3.63, 3.8) is 0 Å². The zero-order valence-electron chi connectivity index (χ0n) is 17.1. The molecule has 0 saturated carbocycles. The summed E-state index contributed by atoms with van der Waals surface area (Å²) in [5, 5.41) is 23.9. The molecular formula is C23H21ClN2O6. The average molecular weight is 457 g/mol. The quantitative estimate of drug-likeness (QED) is 0.571. The van der Waals surface area contributed by atoms with Crippen LogP contribution < -0.4 is 5.32 Å². The second kappa shape index (κ2) is 8.03. The summed E-state index contributed by atoms with van der Waals surface area (Å²) in [6.45, 7) is 1.80. The second-order valence-corrected chi connectivity index (χ2v) is 8.42. The van der Waals surface area contributed by atoms with E-state index in [-0.39, 0.29) is 17.5 Å². The topological polar surface area (TPSA) is 124 Å². The van der Waals surface area contributed by atoms with Gasteiger partial charge in [-0.2, -0.15) is 0 Å².